The molecule has 2 rings (SSSR count). The standard InChI is InChI=1S/C12H16ClN3O2/c13-10-5-9(6-11(14)15-10)12(18)16-3-1-8(7-17)2-4-16/h5-6,8,17H,1-4,7H2,(H2,14,15). The van der Waals surface area contributed by atoms with E-state index < -0.39 is 0 Å². The normalized spacial score (nSPS) is 16.9. The van der Waals surface area contributed by atoms with Gasteiger partial charge in [-0.3, -0.25) is 4.79 Å². The van der Waals surface area contributed by atoms with Crippen molar-refractivity contribution in [3.8, 4) is 0 Å². The van der Waals surface area contributed by atoms with Crippen LogP contribution in [0.5, 0.6) is 0 Å². The summed E-state index contributed by atoms with van der Waals surface area (Å²) in [4.78, 5) is 17.8. The van der Waals surface area contributed by atoms with Gasteiger partial charge in [0.15, 0.2) is 0 Å². The van der Waals surface area contributed by atoms with E-state index in [-0.39, 0.29) is 23.5 Å². The molecule has 18 heavy (non-hydrogen) atoms. The van der Waals surface area contributed by atoms with Gasteiger partial charge in [-0.25, -0.2) is 4.98 Å². The number of pyridine rings is 1. The van der Waals surface area contributed by atoms with Crippen LogP contribution < -0.4 is 5.73 Å². The van der Waals surface area contributed by atoms with Gasteiger partial charge in [0.25, 0.3) is 5.91 Å². The van der Waals surface area contributed by atoms with Crippen LogP contribution in [0.4, 0.5) is 5.82 Å². The van der Waals surface area contributed by atoms with E-state index in [1.165, 1.54) is 12.1 Å². The molecule has 0 unspecified atom stereocenters. The smallest absolute Gasteiger partial charge is 0.254 e. The zero-order chi connectivity index (χ0) is 13.1. The number of amides is 1. The van der Waals surface area contributed by atoms with Crippen LogP contribution in [0.3, 0.4) is 0 Å². The molecule has 1 aliphatic rings. The van der Waals surface area contributed by atoms with E-state index in [1.54, 1.807) is 4.90 Å². The lowest BCUT2D eigenvalue weighted by atomic mass is 9.97. The molecule has 1 fully saturated rings. The monoisotopic (exact) mass is 269 g/mol. The Morgan fingerprint density at radius 2 is 2.17 bits per heavy atom. The molecule has 3 N–H and O–H groups in total. The second-order valence-electron chi connectivity index (χ2n) is 4.52. The molecule has 1 amide bonds. The fourth-order valence-corrected chi connectivity index (χ4v) is 2.36. The quantitative estimate of drug-likeness (QED) is 0.790. The minimum atomic E-state index is -0.0811. The molecule has 6 heteroatoms. The summed E-state index contributed by atoms with van der Waals surface area (Å²) in [6.45, 7) is 1.50. The van der Waals surface area contributed by atoms with E-state index in [4.69, 9.17) is 22.4 Å². The third kappa shape index (κ3) is 2.91. The number of nitrogens with two attached hydrogens (primary N) is 1. The summed E-state index contributed by atoms with van der Waals surface area (Å²) >= 11 is 5.78. The topological polar surface area (TPSA) is 79.5 Å². The van der Waals surface area contributed by atoms with Crippen LogP contribution >= 0.6 is 11.6 Å². The molecule has 1 aliphatic heterocycles. The first-order chi connectivity index (χ1) is 8.60. The molecule has 0 bridgehead atoms. The minimum absolute atomic E-state index is 0.0811. The second-order valence-corrected chi connectivity index (χ2v) is 4.91. The molecule has 0 aliphatic carbocycles. The number of aliphatic hydroxyl groups excluding tert-OH is 1. The maximum atomic E-state index is 12.2. The predicted molar refractivity (Wildman–Crippen MR) is 69.4 cm³/mol. The van der Waals surface area contributed by atoms with Crippen LogP contribution in [0.15, 0.2) is 12.1 Å². The van der Waals surface area contributed by atoms with Crippen LogP contribution in [0.25, 0.3) is 0 Å². The summed E-state index contributed by atoms with van der Waals surface area (Å²) < 4.78 is 0. The lowest BCUT2D eigenvalue weighted by Gasteiger charge is -2.31. The molecule has 0 spiro atoms. The molecular formula is C12H16ClN3O2. The molecule has 0 radical (unpaired) electrons. The maximum Gasteiger partial charge on any atom is 0.254 e. The van der Waals surface area contributed by atoms with Gasteiger partial charge in [0.1, 0.15) is 11.0 Å². The van der Waals surface area contributed by atoms with Gasteiger partial charge >= 0.3 is 0 Å². The first kappa shape index (κ1) is 13.1. The molecule has 98 valence electrons. The van der Waals surface area contributed by atoms with Crippen molar-refractivity contribution in [2.24, 2.45) is 5.92 Å². The number of piperidine rings is 1. The van der Waals surface area contributed by atoms with Crippen molar-refractivity contribution in [1.82, 2.24) is 9.88 Å². The number of likely N-dealkylation sites (tertiary alicyclic amines) is 1. The molecule has 1 aromatic heterocycles. The number of hydrogen-bond acceptors (Lipinski definition) is 4. The number of hydrogen-bond donors (Lipinski definition) is 2. The number of aliphatic hydroxyl groups is 1. The summed E-state index contributed by atoms with van der Waals surface area (Å²) in [5.74, 6) is 0.471. The zero-order valence-corrected chi connectivity index (χ0v) is 10.7. The van der Waals surface area contributed by atoms with Gasteiger partial charge in [0.2, 0.25) is 0 Å². The molecule has 1 saturated heterocycles. The SMILES string of the molecule is Nc1cc(C(=O)N2CCC(CO)CC2)cc(Cl)n1. The van der Waals surface area contributed by atoms with Crippen LogP contribution in [0.1, 0.15) is 23.2 Å². The fraction of sp³-hybridized carbons (Fsp3) is 0.500. The summed E-state index contributed by atoms with van der Waals surface area (Å²) in [5.41, 5.74) is 6.04. The third-order valence-electron chi connectivity index (χ3n) is 3.22. The molecule has 1 aromatic rings. The van der Waals surface area contributed by atoms with E-state index in [0.717, 1.165) is 12.8 Å². The molecule has 0 atom stereocenters. The Hall–Kier alpha value is -1.33. The number of anilines is 1. The van der Waals surface area contributed by atoms with Crippen LogP contribution in [-0.4, -0.2) is 40.6 Å². The Balaban J connectivity index is 2.07. The number of rotatable bonds is 2. The Morgan fingerprint density at radius 3 is 2.72 bits per heavy atom. The Bertz CT molecular complexity index is 425. The average Bonchev–Trinajstić information content (AvgIpc) is 2.37. The van der Waals surface area contributed by atoms with E-state index in [0.29, 0.717) is 24.6 Å². The highest BCUT2D eigenvalue weighted by atomic mass is 35.5. The Labute approximate surface area is 111 Å². The van der Waals surface area contributed by atoms with Crippen LogP contribution in [0, 0.1) is 5.92 Å². The van der Waals surface area contributed by atoms with Gasteiger partial charge in [-0.2, -0.15) is 0 Å². The number of carbonyl (C=O) groups excluding carboxylic acids is 1. The number of nitrogen functional groups attached to an aromatic ring is 1. The Kier molecular flexibility index (Phi) is 4.04. The van der Waals surface area contributed by atoms with Crippen molar-refractivity contribution in [3.05, 3.63) is 22.8 Å². The van der Waals surface area contributed by atoms with E-state index >= 15 is 0 Å². The predicted octanol–water partition coefficient (Wildman–Crippen LogP) is 1.16. The summed E-state index contributed by atoms with van der Waals surface area (Å²) in [6, 6.07) is 3.06. The van der Waals surface area contributed by atoms with Crippen molar-refractivity contribution in [2.75, 3.05) is 25.4 Å². The number of nitrogens with zero attached hydrogens (tertiary/aromatic N) is 2. The minimum Gasteiger partial charge on any atom is -0.396 e. The fourth-order valence-electron chi connectivity index (χ4n) is 2.14. The van der Waals surface area contributed by atoms with E-state index in [9.17, 15) is 4.79 Å². The van der Waals surface area contributed by atoms with Crippen molar-refractivity contribution < 1.29 is 9.90 Å². The second kappa shape index (κ2) is 5.54. The van der Waals surface area contributed by atoms with E-state index in [1.807, 2.05) is 0 Å². The molecule has 0 aromatic carbocycles. The zero-order valence-electron chi connectivity index (χ0n) is 9.97. The van der Waals surface area contributed by atoms with E-state index in [2.05, 4.69) is 4.98 Å². The largest absolute Gasteiger partial charge is 0.396 e. The molecule has 2 heterocycles. The van der Waals surface area contributed by atoms with Crippen molar-refractivity contribution in [3.63, 3.8) is 0 Å². The average molecular weight is 270 g/mol. The molecule has 5 nitrogen and oxygen atoms in total. The number of aromatic nitrogens is 1. The molecular weight excluding hydrogens is 254 g/mol. The number of halogens is 1. The highest BCUT2D eigenvalue weighted by molar-refractivity contribution is 6.29. The van der Waals surface area contributed by atoms with Crippen molar-refractivity contribution >= 4 is 23.3 Å². The molecule has 0 saturated carbocycles. The van der Waals surface area contributed by atoms with Gasteiger partial charge in [-0.15, -0.1) is 0 Å². The highest BCUT2D eigenvalue weighted by Gasteiger charge is 2.23. The lowest BCUT2D eigenvalue weighted by Crippen LogP contribution is -2.39. The van der Waals surface area contributed by atoms with Gasteiger partial charge in [0.05, 0.1) is 0 Å². The summed E-state index contributed by atoms with van der Waals surface area (Å²) in [7, 11) is 0. The van der Waals surface area contributed by atoms with Crippen LogP contribution in [0.2, 0.25) is 5.15 Å². The number of carbonyl (C=O) groups is 1. The first-order valence-corrected chi connectivity index (χ1v) is 6.31. The van der Waals surface area contributed by atoms with Gasteiger partial charge in [-0.1, -0.05) is 11.6 Å². The van der Waals surface area contributed by atoms with Gasteiger partial charge in [-0.05, 0) is 30.9 Å². The summed E-state index contributed by atoms with van der Waals surface area (Å²) in [5, 5.41) is 9.29. The van der Waals surface area contributed by atoms with Crippen molar-refractivity contribution in [1.29, 1.82) is 0 Å². The van der Waals surface area contributed by atoms with Crippen molar-refractivity contribution in [2.45, 2.75) is 12.8 Å². The summed E-state index contributed by atoms with van der Waals surface area (Å²) in [6.07, 6.45) is 1.66. The maximum absolute atomic E-state index is 12.2. The highest BCUT2D eigenvalue weighted by Crippen LogP contribution is 2.20. The van der Waals surface area contributed by atoms with Crippen LogP contribution in [-0.2, 0) is 0 Å². The lowest BCUT2D eigenvalue weighted by molar-refractivity contribution is 0.0651. The Morgan fingerprint density at radius 1 is 1.50 bits per heavy atom. The third-order valence-corrected chi connectivity index (χ3v) is 3.41. The first-order valence-electron chi connectivity index (χ1n) is 5.93. The van der Waals surface area contributed by atoms with Gasteiger partial charge < -0.3 is 15.7 Å². The van der Waals surface area contributed by atoms with Gasteiger partial charge in [0, 0.05) is 25.3 Å².